The van der Waals surface area contributed by atoms with Gasteiger partial charge >= 0.3 is 0 Å². The average molecular weight is 441 g/mol. The van der Waals surface area contributed by atoms with Gasteiger partial charge in [-0.25, -0.2) is 4.39 Å². The fraction of sp³-hybridized carbons (Fsp3) is 0.227. The molecule has 0 aliphatic carbocycles. The number of H-pyrrole nitrogens is 1. The smallest absolute Gasteiger partial charge is 0.257 e. The van der Waals surface area contributed by atoms with Crippen LogP contribution >= 0.6 is 12.2 Å². The number of aromatic amines is 1. The summed E-state index contributed by atoms with van der Waals surface area (Å²) >= 11 is 5.15. The van der Waals surface area contributed by atoms with Crippen LogP contribution in [-0.4, -0.2) is 22.6 Å². The molecule has 1 aliphatic rings. The predicted molar refractivity (Wildman–Crippen MR) is 116 cm³/mol. The Balaban J connectivity index is 1.69. The molecule has 0 saturated carbocycles. The van der Waals surface area contributed by atoms with Crippen molar-refractivity contribution in [2.24, 2.45) is 7.05 Å². The van der Waals surface area contributed by atoms with E-state index in [-0.39, 0.29) is 35.1 Å². The minimum Gasteiger partial charge on any atom is -0.493 e. The summed E-state index contributed by atoms with van der Waals surface area (Å²) in [6.07, 6.45) is 0.111. The van der Waals surface area contributed by atoms with E-state index in [2.05, 4.69) is 10.3 Å². The largest absolute Gasteiger partial charge is 0.493 e. The van der Waals surface area contributed by atoms with Crippen LogP contribution in [0.3, 0.4) is 0 Å². The van der Waals surface area contributed by atoms with E-state index < -0.39 is 5.92 Å². The monoisotopic (exact) mass is 441 g/mol. The van der Waals surface area contributed by atoms with Crippen molar-refractivity contribution in [3.05, 3.63) is 80.1 Å². The minimum atomic E-state index is -0.472. The molecule has 1 aliphatic heterocycles. The van der Waals surface area contributed by atoms with E-state index in [1.54, 1.807) is 41.9 Å². The molecule has 1 unspecified atom stereocenters. The molecule has 2 aromatic carbocycles. The summed E-state index contributed by atoms with van der Waals surface area (Å²) in [6.45, 7) is 0.166. The molecule has 31 heavy (non-hydrogen) atoms. The molecule has 0 saturated heterocycles. The molecule has 0 radical (unpaired) electrons. The zero-order valence-corrected chi connectivity index (χ0v) is 17.7. The number of hydrogen-bond acceptors (Lipinski definition) is 5. The summed E-state index contributed by atoms with van der Waals surface area (Å²) in [4.78, 5) is 27.6. The number of nitrogens with one attached hydrogen (secondary N) is 2. The number of carbonyl (C=O) groups excluding carboxylic acids is 1. The molecular weight excluding hydrogens is 421 g/mol. The van der Waals surface area contributed by atoms with Gasteiger partial charge in [0.2, 0.25) is 5.91 Å². The third kappa shape index (κ3) is 4.09. The number of fused-ring (bicyclic) bond motifs is 1. The lowest BCUT2D eigenvalue weighted by Gasteiger charge is -2.27. The summed E-state index contributed by atoms with van der Waals surface area (Å²) in [7, 11) is 3.19. The van der Waals surface area contributed by atoms with Crippen molar-refractivity contribution in [3.8, 4) is 11.5 Å². The number of ether oxygens (including phenoxy) is 2. The van der Waals surface area contributed by atoms with Gasteiger partial charge in [-0.3, -0.25) is 14.6 Å². The van der Waals surface area contributed by atoms with Crippen molar-refractivity contribution in [2.45, 2.75) is 18.9 Å². The molecule has 2 N–H and O–H groups in total. The topological polar surface area (TPSA) is 85.4 Å². The van der Waals surface area contributed by atoms with Crippen LogP contribution in [0.4, 0.5) is 10.2 Å². The first kappa shape index (κ1) is 20.8. The van der Waals surface area contributed by atoms with Gasteiger partial charge in [-0.1, -0.05) is 18.2 Å². The van der Waals surface area contributed by atoms with Crippen molar-refractivity contribution in [1.82, 2.24) is 9.55 Å². The highest BCUT2D eigenvalue weighted by Gasteiger charge is 2.31. The SMILES string of the molecule is COc1cc(C2CC(=O)Nc3c2c(=O)[nH]c(=S)n3C)ccc1OCc1cccc(F)c1. The quantitative estimate of drug-likeness (QED) is 0.591. The highest BCUT2D eigenvalue weighted by Crippen LogP contribution is 2.38. The Morgan fingerprint density at radius 3 is 2.74 bits per heavy atom. The van der Waals surface area contributed by atoms with Crippen LogP contribution in [-0.2, 0) is 18.4 Å². The van der Waals surface area contributed by atoms with Crippen molar-refractivity contribution in [3.63, 3.8) is 0 Å². The lowest BCUT2D eigenvalue weighted by molar-refractivity contribution is -0.116. The highest BCUT2D eigenvalue weighted by molar-refractivity contribution is 7.71. The zero-order chi connectivity index (χ0) is 22.1. The van der Waals surface area contributed by atoms with E-state index >= 15 is 0 Å². The molecule has 9 heteroatoms. The summed E-state index contributed by atoms with van der Waals surface area (Å²) in [6, 6.07) is 11.4. The number of nitrogens with zero attached hydrogens (tertiary/aromatic N) is 1. The third-order valence-corrected chi connectivity index (χ3v) is 5.61. The van der Waals surface area contributed by atoms with E-state index in [4.69, 9.17) is 21.7 Å². The summed E-state index contributed by atoms with van der Waals surface area (Å²) in [5, 5.41) is 2.74. The number of rotatable bonds is 5. The van der Waals surface area contributed by atoms with E-state index in [0.717, 1.165) is 5.56 Å². The first-order valence-electron chi connectivity index (χ1n) is 9.55. The first-order chi connectivity index (χ1) is 14.9. The molecule has 0 spiro atoms. The minimum absolute atomic E-state index is 0.111. The van der Waals surface area contributed by atoms with Gasteiger partial charge in [0.1, 0.15) is 18.2 Å². The highest BCUT2D eigenvalue weighted by atomic mass is 32.1. The number of anilines is 1. The van der Waals surface area contributed by atoms with Crippen molar-refractivity contribution >= 4 is 23.9 Å². The van der Waals surface area contributed by atoms with E-state index in [0.29, 0.717) is 28.4 Å². The maximum atomic E-state index is 13.4. The maximum absolute atomic E-state index is 13.4. The number of aromatic nitrogens is 2. The Morgan fingerprint density at radius 2 is 2.00 bits per heavy atom. The van der Waals surface area contributed by atoms with Crippen LogP contribution in [0.2, 0.25) is 0 Å². The molecule has 1 amide bonds. The summed E-state index contributed by atoms with van der Waals surface area (Å²) in [5.74, 6) is 0.288. The molecule has 4 rings (SSSR count). The maximum Gasteiger partial charge on any atom is 0.257 e. The Bertz CT molecular complexity index is 1280. The zero-order valence-electron chi connectivity index (χ0n) is 16.9. The summed E-state index contributed by atoms with van der Waals surface area (Å²) < 4.78 is 26.5. The second kappa shape index (κ2) is 8.35. The van der Waals surface area contributed by atoms with Gasteiger partial charge in [0.15, 0.2) is 16.3 Å². The van der Waals surface area contributed by atoms with Crippen molar-refractivity contribution in [1.29, 1.82) is 0 Å². The van der Waals surface area contributed by atoms with Gasteiger partial charge in [0, 0.05) is 19.4 Å². The number of hydrogen-bond donors (Lipinski definition) is 2. The van der Waals surface area contributed by atoms with Crippen LogP contribution in [0.25, 0.3) is 0 Å². The summed E-state index contributed by atoms with van der Waals surface area (Å²) in [5.41, 5.74) is 1.51. The van der Waals surface area contributed by atoms with Crippen LogP contribution in [0.5, 0.6) is 11.5 Å². The number of halogens is 1. The van der Waals surface area contributed by atoms with Crippen LogP contribution < -0.4 is 20.3 Å². The normalized spacial score (nSPS) is 15.2. The Hall–Kier alpha value is -3.46. The molecule has 0 fully saturated rings. The Morgan fingerprint density at radius 1 is 1.19 bits per heavy atom. The molecule has 1 atom stereocenters. The fourth-order valence-electron chi connectivity index (χ4n) is 3.68. The van der Waals surface area contributed by atoms with Gasteiger partial charge in [-0.2, -0.15) is 0 Å². The fourth-order valence-corrected chi connectivity index (χ4v) is 3.86. The van der Waals surface area contributed by atoms with Gasteiger partial charge in [0.05, 0.1) is 12.7 Å². The van der Waals surface area contributed by atoms with Gasteiger partial charge in [-0.15, -0.1) is 0 Å². The molecule has 2 heterocycles. The van der Waals surface area contributed by atoms with Crippen LogP contribution in [0.15, 0.2) is 47.3 Å². The van der Waals surface area contributed by atoms with Gasteiger partial charge < -0.3 is 19.4 Å². The molecule has 1 aromatic heterocycles. The number of methoxy groups -OCH3 is 1. The lowest BCUT2D eigenvalue weighted by atomic mass is 9.86. The number of benzene rings is 2. The molecular formula is C22H20FN3O4S. The second-order valence-corrected chi connectivity index (χ2v) is 7.60. The van der Waals surface area contributed by atoms with Crippen molar-refractivity contribution < 1.29 is 18.7 Å². The predicted octanol–water partition coefficient (Wildman–Crippen LogP) is 3.64. The van der Waals surface area contributed by atoms with Crippen molar-refractivity contribution in [2.75, 3.05) is 12.4 Å². The standard InChI is InChI=1S/C22H20FN3O4S/c1-26-20-19(21(28)25-22(26)31)15(10-18(27)24-20)13-6-7-16(17(9-13)29-2)30-11-12-4-3-5-14(23)8-12/h3-9,15H,10-11H2,1-2H3,(H,24,27)(H,25,28,31). The molecule has 3 aromatic rings. The Labute approximate surface area is 182 Å². The number of carbonyl (C=O) groups is 1. The molecule has 160 valence electrons. The average Bonchev–Trinajstić information content (AvgIpc) is 2.75. The lowest BCUT2D eigenvalue weighted by Crippen LogP contribution is -2.33. The van der Waals surface area contributed by atoms with E-state index in [1.165, 1.54) is 19.2 Å². The molecule has 7 nitrogen and oxygen atoms in total. The van der Waals surface area contributed by atoms with Gasteiger partial charge in [-0.05, 0) is 47.6 Å². The third-order valence-electron chi connectivity index (χ3n) is 5.23. The second-order valence-electron chi connectivity index (χ2n) is 7.21. The number of amides is 1. The molecule has 0 bridgehead atoms. The van der Waals surface area contributed by atoms with E-state index in [9.17, 15) is 14.0 Å². The van der Waals surface area contributed by atoms with Crippen LogP contribution in [0, 0.1) is 10.6 Å². The van der Waals surface area contributed by atoms with Crippen LogP contribution in [0.1, 0.15) is 29.0 Å². The van der Waals surface area contributed by atoms with E-state index in [1.807, 2.05) is 0 Å². The Kier molecular flexibility index (Phi) is 5.60. The first-order valence-corrected chi connectivity index (χ1v) is 9.96. The van der Waals surface area contributed by atoms with Gasteiger partial charge in [0.25, 0.3) is 5.56 Å².